The van der Waals surface area contributed by atoms with Crippen LogP contribution in [0.5, 0.6) is 0 Å². The number of nitrogens with zero attached hydrogens (tertiary/aromatic N) is 4. The van der Waals surface area contributed by atoms with Crippen LogP contribution in [0.1, 0.15) is 55.9 Å². The molecule has 2 aromatic heterocycles. The second-order valence-electron chi connectivity index (χ2n) is 7.08. The molecular formula is C18H24N4O2. The molecule has 2 aliphatic rings. The molecule has 2 fully saturated rings. The van der Waals surface area contributed by atoms with Crippen molar-refractivity contribution >= 4 is 16.9 Å². The minimum absolute atomic E-state index is 0.0712. The van der Waals surface area contributed by atoms with E-state index >= 15 is 0 Å². The molecular weight excluding hydrogens is 304 g/mol. The molecule has 1 aliphatic carbocycles. The van der Waals surface area contributed by atoms with Gasteiger partial charge in [-0.25, -0.2) is 9.67 Å². The highest BCUT2D eigenvalue weighted by Crippen LogP contribution is 2.29. The Morgan fingerprint density at radius 3 is 2.96 bits per heavy atom. The van der Waals surface area contributed by atoms with Gasteiger partial charge >= 0.3 is 0 Å². The van der Waals surface area contributed by atoms with E-state index in [0.717, 1.165) is 23.9 Å². The van der Waals surface area contributed by atoms with Crippen LogP contribution >= 0.6 is 0 Å². The maximum atomic E-state index is 13.0. The van der Waals surface area contributed by atoms with Gasteiger partial charge in [0.05, 0.1) is 30.5 Å². The van der Waals surface area contributed by atoms with E-state index in [1.54, 1.807) is 12.4 Å². The summed E-state index contributed by atoms with van der Waals surface area (Å²) in [4.78, 5) is 19.5. The monoisotopic (exact) mass is 328 g/mol. The van der Waals surface area contributed by atoms with Crippen LogP contribution in [0, 0.1) is 0 Å². The van der Waals surface area contributed by atoms with E-state index in [4.69, 9.17) is 4.74 Å². The van der Waals surface area contributed by atoms with Crippen LogP contribution < -0.4 is 0 Å². The SMILES string of the molecule is CC(C)n1ncc2cc(C(=O)N3CCO[C@@H]4CCCC[C@@H]43)cnc21. The number of carbonyl (C=O) groups excluding carboxylic acids is 1. The highest BCUT2D eigenvalue weighted by atomic mass is 16.5. The fourth-order valence-corrected chi connectivity index (χ4v) is 3.95. The smallest absolute Gasteiger partial charge is 0.255 e. The Morgan fingerprint density at radius 1 is 1.29 bits per heavy atom. The van der Waals surface area contributed by atoms with Crippen LogP contribution in [0.3, 0.4) is 0 Å². The van der Waals surface area contributed by atoms with Crippen molar-refractivity contribution in [2.45, 2.75) is 57.7 Å². The standard InChI is InChI=1S/C18H24N4O2/c1-12(2)22-17-13(11-20-22)9-14(10-19-17)18(23)21-7-8-24-16-6-4-3-5-15(16)21/h9-12,15-16H,3-8H2,1-2H3/t15-,16+/m0/s1. The molecule has 6 nitrogen and oxygen atoms in total. The van der Waals surface area contributed by atoms with Crippen molar-refractivity contribution in [3.63, 3.8) is 0 Å². The third-order valence-electron chi connectivity index (χ3n) is 5.16. The van der Waals surface area contributed by atoms with E-state index in [9.17, 15) is 4.79 Å². The topological polar surface area (TPSA) is 60.2 Å². The summed E-state index contributed by atoms with van der Waals surface area (Å²) in [5.41, 5.74) is 1.48. The van der Waals surface area contributed by atoms with Crippen molar-refractivity contribution in [2.24, 2.45) is 0 Å². The van der Waals surface area contributed by atoms with Crippen LogP contribution in [0.4, 0.5) is 0 Å². The molecule has 1 aliphatic heterocycles. The fraction of sp³-hybridized carbons (Fsp3) is 0.611. The highest BCUT2D eigenvalue weighted by Gasteiger charge is 2.37. The summed E-state index contributed by atoms with van der Waals surface area (Å²) in [5.74, 6) is 0.0712. The quantitative estimate of drug-likeness (QED) is 0.850. The van der Waals surface area contributed by atoms with E-state index in [1.165, 1.54) is 12.8 Å². The summed E-state index contributed by atoms with van der Waals surface area (Å²) in [5, 5.41) is 5.30. The number of pyridine rings is 1. The third kappa shape index (κ3) is 2.59. The van der Waals surface area contributed by atoms with Gasteiger partial charge in [0.1, 0.15) is 0 Å². The lowest BCUT2D eigenvalue weighted by Gasteiger charge is -2.43. The van der Waals surface area contributed by atoms with Gasteiger partial charge in [-0.05, 0) is 32.8 Å². The van der Waals surface area contributed by atoms with Gasteiger partial charge in [-0.1, -0.05) is 12.8 Å². The molecule has 0 N–H and O–H groups in total. The van der Waals surface area contributed by atoms with Gasteiger partial charge in [-0.2, -0.15) is 5.10 Å². The first kappa shape index (κ1) is 15.6. The van der Waals surface area contributed by atoms with Gasteiger partial charge in [0.25, 0.3) is 5.91 Å². The van der Waals surface area contributed by atoms with Gasteiger partial charge in [-0.3, -0.25) is 4.79 Å². The van der Waals surface area contributed by atoms with Gasteiger partial charge in [-0.15, -0.1) is 0 Å². The molecule has 0 aromatic carbocycles. The van der Waals surface area contributed by atoms with Crippen LogP contribution in [0.15, 0.2) is 18.5 Å². The average Bonchev–Trinajstić information content (AvgIpc) is 3.04. The number of carbonyl (C=O) groups is 1. The number of ether oxygens (including phenoxy) is 1. The minimum Gasteiger partial charge on any atom is -0.374 e. The molecule has 0 unspecified atom stereocenters. The second-order valence-corrected chi connectivity index (χ2v) is 7.08. The van der Waals surface area contributed by atoms with Gasteiger partial charge in [0.15, 0.2) is 5.65 Å². The zero-order valence-corrected chi connectivity index (χ0v) is 14.3. The maximum Gasteiger partial charge on any atom is 0.255 e. The summed E-state index contributed by atoms with van der Waals surface area (Å²) >= 11 is 0. The Bertz CT molecular complexity index is 753. The van der Waals surface area contributed by atoms with E-state index in [-0.39, 0.29) is 24.1 Å². The van der Waals surface area contributed by atoms with Crippen molar-refractivity contribution < 1.29 is 9.53 Å². The number of fused-ring (bicyclic) bond motifs is 2. The Balaban J connectivity index is 1.62. The molecule has 24 heavy (non-hydrogen) atoms. The van der Waals surface area contributed by atoms with Gasteiger partial charge in [0, 0.05) is 24.2 Å². The lowest BCUT2D eigenvalue weighted by molar-refractivity contribution is -0.0752. The van der Waals surface area contributed by atoms with E-state index < -0.39 is 0 Å². The van der Waals surface area contributed by atoms with Crippen LogP contribution in [0.2, 0.25) is 0 Å². The zero-order chi connectivity index (χ0) is 16.7. The summed E-state index contributed by atoms with van der Waals surface area (Å²) in [7, 11) is 0. The normalized spacial score (nSPS) is 24.4. The molecule has 128 valence electrons. The predicted octanol–water partition coefficient (Wildman–Crippen LogP) is 2.80. The molecule has 1 saturated carbocycles. The molecule has 2 atom stereocenters. The van der Waals surface area contributed by atoms with Gasteiger partial charge < -0.3 is 9.64 Å². The predicted molar refractivity (Wildman–Crippen MR) is 90.9 cm³/mol. The van der Waals surface area contributed by atoms with Crippen LogP contribution in [-0.2, 0) is 4.74 Å². The molecule has 3 heterocycles. The molecule has 1 saturated heterocycles. The first-order valence-electron chi connectivity index (χ1n) is 8.91. The first-order valence-corrected chi connectivity index (χ1v) is 8.91. The zero-order valence-electron chi connectivity index (χ0n) is 14.3. The molecule has 1 amide bonds. The number of rotatable bonds is 2. The Kier molecular flexibility index (Phi) is 4.00. The summed E-state index contributed by atoms with van der Waals surface area (Å²) in [6, 6.07) is 2.39. The van der Waals surface area contributed by atoms with E-state index in [1.807, 2.05) is 15.6 Å². The first-order chi connectivity index (χ1) is 11.6. The largest absolute Gasteiger partial charge is 0.374 e. The molecule has 0 bridgehead atoms. The van der Waals surface area contributed by atoms with Crippen molar-refractivity contribution in [3.8, 4) is 0 Å². The molecule has 6 heteroatoms. The van der Waals surface area contributed by atoms with Crippen molar-refractivity contribution in [1.29, 1.82) is 0 Å². The summed E-state index contributed by atoms with van der Waals surface area (Å²) in [6.45, 7) is 5.45. The maximum absolute atomic E-state index is 13.0. The van der Waals surface area contributed by atoms with Crippen molar-refractivity contribution in [2.75, 3.05) is 13.2 Å². The molecule has 2 aromatic rings. The molecule has 4 rings (SSSR count). The number of hydrogen-bond donors (Lipinski definition) is 0. The molecule has 0 spiro atoms. The second kappa shape index (κ2) is 6.16. The number of hydrogen-bond acceptors (Lipinski definition) is 4. The Labute approximate surface area is 141 Å². The van der Waals surface area contributed by atoms with E-state index in [0.29, 0.717) is 18.7 Å². The molecule has 0 radical (unpaired) electrons. The van der Waals surface area contributed by atoms with Crippen molar-refractivity contribution in [1.82, 2.24) is 19.7 Å². The fourth-order valence-electron chi connectivity index (χ4n) is 3.95. The minimum atomic E-state index is 0.0712. The lowest BCUT2D eigenvalue weighted by Crippen LogP contribution is -2.54. The number of aromatic nitrogens is 3. The number of amides is 1. The summed E-state index contributed by atoms with van der Waals surface area (Å²) < 4.78 is 7.76. The average molecular weight is 328 g/mol. The van der Waals surface area contributed by atoms with Gasteiger partial charge in [0.2, 0.25) is 0 Å². The summed E-state index contributed by atoms with van der Waals surface area (Å²) in [6.07, 6.45) is 8.17. The van der Waals surface area contributed by atoms with Crippen molar-refractivity contribution in [3.05, 3.63) is 24.0 Å². The highest BCUT2D eigenvalue weighted by molar-refractivity contribution is 5.97. The lowest BCUT2D eigenvalue weighted by atomic mass is 9.90. The Hall–Kier alpha value is -1.95. The van der Waals surface area contributed by atoms with Crippen LogP contribution in [-0.4, -0.2) is 50.9 Å². The van der Waals surface area contributed by atoms with Crippen LogP contribution in [0.25, 0.3) is 11.0 Å². The number of morpholine rings is 1. The third-order valence-corrected chi connectivity index (χ3v) is 5.16. The van der Waals surface area contributed by atoms with E-state index in [2.05, 4.69) is 23.9 Å². The Morgan fingerprint density at radius 2 is 2.12 bits per heavy atom.